The summed E-state index contributed by atoms with van der Waals surface area (Å²) in [4.78, 5) is 4.67. The molecule has 100 valence electrons. The molecule has 1 aliphatic carbocycles. The number of thioether (sulfide) groups is 1. The van der Waals surface area contributed by atoms with Crippen LogP contribution < -0.4 is 5.32 Å². The third-order valence-electron chi connectivity index (χ3n) is 3.97. The van der Waals surface area contributed by atoms with Crippen LogP contribution in [0.25, 0.3) is 0 Å². The van der Waals surface area contributed by atoms with Crippen LogP contribution in [-0.2, 0) is 0 Å². The number of rotatable bonds is 4. The van der Waals surface area contributed by atoms with Gasteiger partial charge in [0.05, 0.1) is 11.2 Å². The van der Waals surface area contributed by atoms with E-state index in [0.717, 1.165) is 18.3 Å². The van der Waals surface area contributed by atoms with Gasteiger partial charge in [0, 0.05) is 6.04 Å². The van der Waals surface area contributed by atoms with E-state index in [1.807, 2.05) is 11.8 Å². The first kappa shape index (κ1) is 12.5. The van der Waals surface area contributed by atoms with E-state index in [9.17, 15) is 0 Å². The van der Waals surface area contributed by atoms with Gasteiger partial charge in [-0.15, -0.1) is 0 Å². The van der Waals surface area contributed by atoms with Gasteiger partial charge in [0.15, 0.2) is 5.82 Å². The third-order valence-corrected chi connectivity index (χ3v) is 5.35. The Morgan fingerprint density at radius 3 is 3.06 bits per heavy atom. The molecule has 3 unspecified atom stereocenters. The van der Waals surface area contributed by atoms with Crippen LogP contribution in [0.1, 0.15) is 61.9 Å². The average molecular weight is 267 g/mol. The van der Waals surface area contributed by atoms with Crippen molar-refractivity contribution in [2.45, 2.75) is 56.2 Å². The molecule has 1 aromatic rings. The van der Waals surface area contributed by atoms with E-state index < -0.39 is 0 Å². The summed E-state index contributed by atoms with van der Waals surface area (Å²) < 4.78 is 5.52. The van der Waals surface area contributed by atoms with E-state index in [-0.39, 0.29) is 0 Å². The number of hydrogen-bond acceptors (Lipinski definition) is 5. The van der Waals surface area contributed by atoms with E-state index >= 15 is 0 Å². The van der Waals surface area contributed by atoms with Gasteiger partial charge >= 0.3 is 0 Å². The first-order valence-electron chi connectivity index (χ1n) is 7.07. The fourth-order valence-electron chi connectivity index (χ4n) is 3.07. The molecule has 18 heavy (non-hydrogen) atoms. The van der Waals surface area contributed by atoms with Crippen molar-refractivity contribution >= 4 is 11.8 Å². The van der Waals surface area contributed by atoms with E-state index in [1.54, 1.807) is 0 Å². The van der Waals surface area contributed by atoms with Crippen LogP contribution in [0.15, 0.2) is 4.52 Å². The molecule has 2 heterocycles. The van der Waals surface area contributed by atoms with Crippen molar-refractivity contribution in [3.8, 4) is 0 Å². The maximum absolute atomic E-state index is 5.52. The lowest BCUT2D eigenvalue weighted by molar-refractivity contribution is 0.329. The van der Waals surface area contributed by atoms with Gasteiger partial charge in [0.25, 0.3) is 0 Å². The minimum atomic E-state index is 0.428. The zero-order valence-corrected chi connectivity index (χ0v) is 11.7. The standard InChI is InChI=1S/C13H21N3OS/c1-2-14-10-6-3-5-9(10)13-15-12(16-17-13)11-7-4-8-18-11/h9-11,14H,2-8H2,1H3. The summed E-state index contributed by atoms with van der Waals surface area (Å²) in [6.07, 6.45) is 6.15. The van der Waals surface area contributed by atoms with Crippen LogP contribution in [0.3, 0.4) is 0 Å². The molecule has 2 fully saturated rings. The highest BCUT2D eigenvalue weighted by atomic mass is 32.2. The van der Waals surface area contributed by atoms with Crippen LogP contribution >= 0.6 is 11.8 Å². The first-order chi connectivity index (χ1) is 8.88. The maximum Gasteiger partial charge on any atom is 0.231 e. The third kappa shape index (κ3) is 2.43. The van der Waals surface area contributed by atoms with Crippen molar-refractivity contribution in [2.24, 2.45) is 0 Å². The molecule has 3 rings (SSSR count). The van der Waals surface area contributed by atoms with Crippen molar-refractivity contribution in [1.29, 1.82) is 0 Å². The first-order valence-corrected chi connectivity index (χ1v) is 8.12. The maximum atomic E-state index is 5.52. The van der Waals surface area contributed by atoms with E-state index in [2.05, 4.69) is 22.4 Å². The molecule has 0 radical (unpaired) electrons. The molecule has 2 aliphatic rings. The molecule has 1 saturated carbocycles. The monoisotopic (exact) mass is 267 g/mol. The molecule has 0 bridgehead atoms. The molecule has 5 heteroatoms. The number of nitrogens with one attached hydrogen (secondary N) is 1. The Bertz CT molecular complexity index is 389. The van der Waals surface area contributed by atoms with Gasteiger partial charge in [-0.2, -0.15) is 16.7 Å². The topological polar surface area (TPSA) is 51.0 Å². The SMILES string of the molecule is CCNC1CCCC1c1nc(C2CCCS2)no1. The molecule has 1 N–H and O–H groups in total. The summed E-state index contributed by atoms with van der Waals surface area (Å²) in [5.41, 5.74) is 0. The Kier molecular flexibility index (Phi) is 3.89. The van der Waals surface area contributed by atoms with Gasteiger partial charge in [-0.25, -0.2) is 0 Å². The molecule has 4 nitrogen and oxygen atoms in total. The van der Waals surface area contributed by atoms with Gasteiger partial charge in [0.2, 0.25) is 5.89 Å². The largest absolute Gasteiger partial charge is 0.339 e. The summed E-state index contributed by atoms with van der Waals surface area (Å²) in [6, 6.07) is 0.527. The summed E-state index contributed by atoms with van der Waals surface area (Å²) in [7, 11) is 0. The number of aromatic nitrogens is 2. The lowest BCUT2D eigenvalue weighted by Crippen LogP contribution is -2.31. The second-order valence-electron chi connectivity index (χ2n) is 5.19. The lowest BCUT2D eigenvalue weighted by atomic mass is 10.0. The smallest absolute Gasteiger partial charge is 0.231 e. The molecular formula is C13H21N3OS. The summed E-state index contributed by atoms with van der Waals surface area (Å²) in [5, 5.41) is 8.22. The molecule has 0 amide bonds. The van der Waals surface area contributed by atoms with Crippen LogP contribution in [0.5, 0.6) is 0 Å². The fraction of sp³-hybridized carbons (Fsp3) is 0.846. The highest BCUT2D eigenvalue weighted by molar-refractivity contribution is 7.99. The second-order valence-corrected chi connectivity index (χ2v) is 6.50. The Balaban J connectivity index is 1.71. The van der Waals surface area contributed by atoms with Crippen molar-refractivity contribution in [2.75, 3.05) is 12.3 Å². The minimum absolute atomic E-state index is 0.428. The zero-order chi connectivity index (χ0) is 12.4. The second kappa shape index (κ2) is 5.61. The van der Waals surface area contributed by atoms with Gasteiger partial charge in [-0.05, 0) is 38.0 Å². The fourth-order valence-corrected chi connectivity index (χ4v) is 4.27. The molecule has 1 aromatic heterocycles. The quantitative estimate of drug-likeness (QED) is 0.909. The molecule has 1 saturated heterocycles. The van der Waals surface area contributed by atoms with Crippen LogP contribution in [-0.4, -0.2) is 28.5 Å². The number of likely N-dealkylation sites (N-methyl/N-ethyl adjacent to an activating group) is 1. The Morgan fingerprint density at radius 2 is 2.28 bits per heavy atom. The van der Waals surface area contributed by atoms with Crippen LogP contribution in [0, 0.1) is 0 Å². The zero-order valence-electron chi connectivity index (χ0n) is 10.9. The normalized spacial score (nSPS) is 32.2. The Labute approximate surface area is 112 Å². The summed E-state index contributed by atoms with van der Waals surface area (Å²) >= 11 is 1.96. The molecule has 1 aliphatic heterocycles. The van der Waals surface area contributed by atoms with Crippen LogP contribution in [0.4, 0.5) is 0 Å². The van der Waals surface area contributed by atoms with E-state index in [1.165, 1.54) is 37.9 Å². The van der Waals surface area contributed by atoms with Gasteiger partial charge in [-0.1, -0.05) is 18.5 Å². The van der Waals surface area contributed by atoms with Crippen molar-refractivity contribution in [1.82, 2.24) is 15.5 Å². The molecule has 0 aromatic carbocycles. The predicted molar refractivity (Wildman–Crippen MR) is 72.8 cm³/mol. The molecule has 0 spiro atoms. The number of hydrogen-bond donors (Lipinski definition) is 1. The summed E-state index contributed by atoms with van der Waals surface area (Å²) in [6.45, 7) is 3.17. The van der Waals surface area contributed by atoms with E-state index in [4.69, 9.17) is 4.52 Å². The van der Waals surface area contributed by atoms with Gasteiger partial charge in [-0.3, -0.25) is 0 Å². The highest BCUT2D eigenvalue weighted by Gasteiger charge is 2.33. The highest BCUT2D eigenvalue weighted by Crippen LogP contribution is 2.40. The lowest BCUT2D eigenvalue weighted by Gasteiger charge is -2.16. The summed E-state index contributed by atoms with van der Waals surface area (Å²) in [5.74, 6) is 3.45. The van der Waals surface area contributed by atoms with Crippen molar-refractivity contribution < 1.29 is 4.52 Å². The number of nitrogens with zero attached hydrogens (tertiary/aromatic N) is 2. The molecule has 3 atom stereocenters. The minimum Gasteiger partial charge on any atom is -0.339 e. The Hall–Kier alpha value is -0.550. The van der Waals surface area contributed by atoms with Crippen molar-refractivity contribution in [3.63, 3.8) is 0 Å². The average Bonchev–Trinajstić information content (AvgIpc) is 3.10. The van der Waals surface area contributed by atoms with Gasteiger partial charge in [0.1, 0.15) is 0 Å². The van der Waals surface area contributed by atoms with Crippen LogP contribution in [0.2, 0.25) is 0 Å². The Morgan fingerprint density at radius 1 is 1.33 bits per heavy atom. The van der Waals surface area contributed by atoms with Crippen molar-refractivity contribution in [3.05, 3.63) is 11.7 Å². The predicted octanol–water partition coefficient (Wildman–Crippen LogP) is 2.88. The molecular weight excluding hydrogens is 246 g/mol. The van der Waals surface area contributed by atoms with E-state index in [0.29, 0.717) is 17.2 Å². The van der Waals surface area contributed by atoms with Gasteiger partial charge < -0.3 is 9.84 Å².